The average Bonchev–Trinajstić information content (AvgIpc) is 2.34. The highest BCUT2D eigenvalue weighted by atomic mass is 32.2. The van der Waals surface area contributed by atoms with Gasteiger partial charge in [0.25, 0.3) is 0 Å². The lowest BCUT2D eigenvalue weighted by Gasteiger charge is -2.07. The molecule has 1 rings (SSSR count). The first kappa shape index (κ1) is 17.0. The molecule has 0 aliphatic heterocycles. The molecule has 0 radical (unpaired) electrons. The Hall–Kier alpha value is -1.07. The summed E-state index contributed by atoms with van der Waals surface area (Å²) < 4.78 is 47.5. The lowest BCUT2D eigenvalue weighted by atomic mass is 10.2. The highest BCUT2D eigenvalue weighted by Crippen LogP contribution is 2.10. The minimum absolute atomic E-state index is 0.0180. The lowest BCUT2D eigenvalue weighted by Crippen LogP contribution is -2.27. The summed E-state index contributed by atoms with van der Waals surface area (Å²) in [5.74, 6) is -0.282. The SMILES string of the molecule is NC(=S)c1ccc(S(=O)(=O)NCCCS(N)(=O)=O)cc1. The first-order valence-corrected chi connectivity index (χ1v) is 9.12. The standard InChI is InChI=1S/C10H15N3O4S3/c11-10(18)8-2-4-9(5-3-8)20(16,17)13-6-1-7-19(12,14)15/h2-5,13H,1,6-7H2,(H2,11,18)(H2,12,14,15). The number of sulfonamides is 2. The fourth-order valence-electron chi connectivity index (χ4n) is 1.36. The number of nitrogens with two attached hydrogens (primary N) is 2. The van der Waals surface area contributed by atoms with Crippen LogP contribution in [-0.4, -0.2) is 34.1 Å². The fraction of sp³-hybridized carbons (Fsp3) is 0.300. The molecule has 112 valence electrons. The second-order valence-electron chi connectivity index (χ2n) is 4.01. The van der Waals surface area contributed by atoms with E-state index in [4.69, 9.17) is 23.1 Å². The van der Waals surface area contributed by atoms with Gasteiger partial charge in [-0.2, -0.15) is 0 Å². The third kappa shape index (κ3) is 5.51. The summed E-state index contributed by atoms with van der Waals surface area (Å²) in [5, 5.41) is 4.81. The Labute approximate surface area is 123 Å². The molecule has 1 aromatic rings. The molecule has 0 spiro atoms. The maximum Gasteiger partial charge on any atom is 0.240 e. The zero-order valence-corrected chi connectivity index (χ0v) is 12.9. The van der Waals surface area contributed by atoms with Gasteiger partial charge in [-0.3, -0.25) is 0 Å². The summed E-state index contributed by atoms with van der Waals surface area (Å²) in [4.78, 5) is 0.225. The number of nitrogens with one attached hydrogen (secondary N) is 1. The van der Waals surface area contributed by atoms with Crippen molar-refractivity contribution in [3.05, 3.63) is 29.8 Å². The second-order valence-corrected chi connectivity index (χ2v) is 7.95. The van der Waals surface area contributed by atoms with Crippen molar-refractivity contribution in [3.63, 3.8) is 0 Å². The Bertz CT molecular complexity index is 681. The predicted octanol–water partition coefficient (Wildman–Crippen LogP) is -0.722. The number of hydrogen-bond acceptors (Lipinski definition) is 5. The lowest BCUT2D eigenvalue weighted by molar-refractivity contribution is 0.576. The number of thiocarbonyl (C=S) groups is 1. The maximum atomic E-state index is 11.9. The van der Waals surface area contributed by atoms with Crippen molar-refractivity contribution >= 4 is 37.3 Å². The Morgan fingerprint density at radius 1 is 1.15 bits per heavy atom. The van der Waals surface area contributed by atoms with E-state index in [1.54, 1.807) is 0 Å². The number of rotatable bonds is 7. The quantitative estimate of drug-likeness (QED) is 0.444. The van der Waals surface area contributed by atoms with E-state index in [-0.39, 0.29) is 28.6 Å². The second kappa shape index (κ2) is 6.59. The van der Waals surface area contributed by atoms with Crippen molar-refractivity contribution in [2.75, 3.05) is 12.3 Å². The van der Waals surface area contributed by atoms with Crippen LogP contribution in [0.1, 0.15) is 12.0 Å². The third-order valence-corrected chi connectivity index (χ3v) is 4.92. The maximum absolute atomic E-state index is 11.9. The first-order chi connectivity index (χ1) is 9.12. The highest BCUT2D eigenvalue weighted by Gasteiger charge is 2.13. The fourth-order valence-corrected chi connectivity index (χ4v) is 3.12. The van der Waals surface area contributed by atoms with E-state index in [1.165, 1.54) is 24.3 Å². The summed E-state index contributed by atoms with van der Waals surface area (Å²) in [6.45, 7) is -0.0180. The van der Waals surface area contributed by atoms with Gasteiger partial charge in [-0.25, -0.2) is 26.7 Å². The van der Waals surface area contributed by atoms with Crippen LogP contribution in [-0.2, 0) is 20.0 Å². The van der Waals surface area contributed by atoms with E-state index in [9.17, 15) is 16.8 Å². The Morgan fingerprint density at radius 3 is 2.15 bits per heavy atom. The molecule has 10 heteroatoms. The van der Waals surface area contributed by atoms with E-state index in [2.05, 4.69) is 4.72 Å². The van der Waals surface area contributed by atoms with Gasteiger partial charge in [0.2, 0.25) is 20.0 Å². The van der Waals surface area contributed by atoms with Gasteiger partial charge < -0.3 is 5.73 Å². The van der Waals surface area contributed by atoms with Crippen molar-refractivity contribution in [2.45, 2.75) is 11.3 Å². The van der Waals surface area contributed by atoms with E-state index in [0.29, 0.717) is 5.56 Å². The van der Waals surface area contributed by atoms with Gasteiger partial charge >= 0.3 is 0 Å². The zero-order chi connectivity index (χ0) is 15.4. The van der Waals surface area contributed by atoms with Crippen LogP contribution in [0.25, 0.3) is 0 Å². The molecule has 1 aromatic carbocycles. The molecule has 0 saturated heterocycles. The van der Waals surface area contributed by atoms with Crippen LogP contribution < -0.4 is 15.6 Å². The summed E-state index contributed by atoms with van der Waals surface area (Å²) in [7, 11) is -7.27. The van der Waals surface area contributed by atoms with Crippen molar-refractivity contribution in [1.82, 2.24) is 4.72 Å². The number of hydrogen-bond donors (Lipinski definition) is 3. The predicted molar refractivity (Wildman–Crippen MR) is 80.1 cm³/mol. The third-order valence-electron chi connectivity index (χ3n) is 2.35. The Morgan fingerprint density at radius 2 is 1.70 bits per heavy atom. The number of benzene rings is 1. The largest absolute Gasteiger partial charge is 0.389 e. The summed E-state index contributed by atoms with van der Waals surface area (Å²) >= 11 is 4.76. The molecule has 0 aliphatic rings. The van der Waals surface area contributed by atoms with Crippen molar-refractivity contribution in [2.24, 2.45) is 10.9 Å². The summed E-state index contributed by atoms with van der Waals surface area (Å²) in [5.41, 5.74) is 5.97. The van der Waals surface area contributed by atoms with Crippen LogP contribution in [0, 0.1) is 0 Å². The first-order valence-electron chi connectivity index (χ1n) is 5.52. The summed E-state index contributed by atoms with van der Waals surface area (Å²) in [6, 6.07) is 5.75. The van der Waals surface area contributed by atoms with Crippen LogP contribution in [0.5, 0.6) is 0 Å². The molecule has 5 N–H and O–H groups in total. The van der Waals surface area contributed by atoms with E-state index in [0.717, 1.165) is 0 Å². The Balaban J connectivity index is 2.67. The van der Waals surface area contributed by atoms with E-state index < -0.39 is 20.0 Å². The zero-order valence-electron chi connectivity index (χ0n) is 10.4. The molecule has 0 aliphatic carbocycles. The van der Waals surface area contributed by atoms with Crippen LogP contribution in [0.2, 0.25) is 0 Å². The highest BCUT2D eigenvalue weighted by molar-refractivity contribution is 7.89. The molecule has 0 amide bonds. The van der Waals surface area contributed by atoms with Gasteiger partial charge in [-0.05, 0) is 18.6 Å². The molecule has 0 heterocycles. The van der Waals surface area contributed by atoms with Gasteiger partial charge in [0.1, 0.15) is 4.99 Å². The molecule has 0 unspecified atom stereocenters. The monoisotopic (exact) mass is 337 g/mol. The van der Waals surface area contributed by atoms with Gasteiger partial charge in [-0.15, -0.1) is 0 Å². The summed E-state index contributed by atoms with van der Waals surface area (Å²) in [6.07, 6.45) is 0.100. The van der Waals surface area contributed by atoms with Crippen LogP contribution in [0.15, 0.2) is 29.2 Å². The van der Waals surface area contributed by atoms with Crippen molar-refractivity contribution in [3.8, 4) is 0 Å². The smallest absolute Gasteiger partial charge is 0.240 e. The van der Waals surface area contributed by atoms with Crippen molar-refractivity contribution in [1.29, 1.82) is 0 Å². The number of primary sulfonamides is 1. The van der Waals surface area contributed by atoms with Gasteiger partial charge in [0.05, 0.1) is 10.6 Å². The molecule has 0 bridgehead atoms. The minimum atomic E-state index is -3.69. The van der Waals surface area contributed by atoms with E-state index >= 15 is 0 Å². The van der Waals surface area contributed by atoms with Crippen LogP contribution in [0.4, 0.5) is 0 Å². The van der Waals surface area contributed by atoms with Crippen LogP contribution in [0.3, 0.4) is 0 Å². The minimum Gasteiger partial charge on any atom is -0.389 e. The molecule has 0 saturated carbocycles. The molecule has 0 fully saturated rings. The Kier molecular flexibility index (Phi) is 5.59. The topological polar surface area (TPSA) is 132 Å². The van der Waals surface area contributed by atoms with Crippen LogP contribution >= 0.6 is 12.2 Å². The average molecular weight is 337 g/mol. The normalized spacial score (nSPS) is 12.2. The van der Waals surface area contributed by atoms with E-state index in [1.807, 2.05) is 0 Å². The molecule has 20 heavy (non-hydrogen) atoms. The van der Waals surface area contributed by atoms with Gasteiger partial charge in [0, 0.05) is 12.1 Å². The molecular weight excluding hydrogens is 322 g/mol. The van der Waals surface area contributed by atoms with Crippen molar-refractivity contribution < 1.29 is 16.8 Å². The molecule has 7 nitrogen and oxygen atoms in total. The van der Waals surface area contributed by atoms with Gasteiger partial charge in [0.15, 0.2) is 0 Å². The molecule has 0 aromatic heterocycles. The van der Waals surface area contributed by atoms with Gasteiger partial charge in [-0.1, -0.05) is 24.4 Å². The molecular formula is C10H15N3O4S3. The molecule has 0 atom stereocenters.